The molecule has 2 atom stereocenters. The van der Waals surface area contributed by atoms with Crippen LogP contribution in [0.25, 0.3) is 0 Å². The van der Waals surface area contributed by atoms with E-state index in [1.54, 1.807) is 12.1 Å². The Kier molecular flexibility index (Phi) is 4.49. The minimum atomic E-state index is -1.12. The van der Waals surface area contributed by atoms with E-state index in [1.807, 2.05) is 5.38 Å². The van der Waals surface area contributed by atoms with Crippen LogP contribution in [-0.2, 0) is 16.0 Å². The third kappa shape index (κ3) is 3.43. The van der Waals surface area contributed by atoms with E-state index >= 15 is 0 Å². The van der Waals surface area contributed by atoms with Crippen LogP contribution in [0.1, 0.15) is 16.6 Å². The highest BCUT2D eigenvalue weighted by Gasteiger charge is 2.25. The Morgan fingerprint density at radius 2 is 2.35 bits per heavy atom. The molecule has 1 amide bonds. The van der Waals surface area contributed by atoms with Gasteiger partial charge in [0.05, 0.1) is 6.33 Å². The lowest BCUT2D eigenvalue weighted by Crippen LogP contribution is -2.46. The SMILES string of the molecule is NC(C(=O)NC(Cc1cnc[nH]1)C(=O)O)c1cccs1. The summed E-state index contributed by atoms with van der Waals surface area (Å²) in [5.74, 6) is -1.63. The molecule has 0 saturated carbocycles. The molecule has 0 saturated heterocycles. The first-order valence-corrected chi connectivity index (χ1v) is 6.75. The number of aliphatic carboxylic acids is 1. The second-order valence-electron chi connectivity index (χ2n) is 4.17. The number of nitrogens with two attached hydrogens (primary N) is 1. The van der Waals surface area contributed by atoms with Crippen LogP contribution in [0.5, 0.6) is 0 Å². The normalized spacial score (nSPS) is 13.7. The molecule has 2 heterocycles. The number of rotatable bonds is 6. The molecule has 0 spiro atoms. The number of carboxylic acid groups (broad SMARTS) is 1. The molecule has 0 bridgehead atoms. The predicted molar refractivity (Wildman–Crippen MR) is 73.1 cm³/mol. The van der Waals surface area contributed by atoms with Crippen molar-refractivity contribution >= 4 is 23.2 Å². The van der Waals surface area contributed by atoms with Crippen molar-refractivity contribution in [2.24, 2.45) is 5.73 Å². The van der Waals surface area contributed by atoms with Gasteiger partial charge in [0, 0.05) is 23.2 Å². The van der Waals surface area contributed by atoms with Crippen LogP contribution < -0.4 is 11.1 Å². The van der Waals surface area contributed by atoms with Gasteiger partial charge in [-0.2, -0.15) is 0 Å². The lowest BCUT2D eigenvalue weighted by Gasteiger charge is -2.16. The van der Waals surface area contributed by atoms with Crippen molar-refractivity contribution in [3.63, 3.8) is 0 Å². The zero-order valence-corrected chi connectivity index (χ0v) is 11.3. The molecule has 2 aromatic rings. The third-order valence-corrected chi connectivity index (χ3v) is 3.68. The summed E-state index contributed by atoms with van der Waals surface area (Å²) in [5, 5.41) is 13.4. The molecule has 0 aliphatic rings. The average molecular weight is 294 g/mol. The maximum absolute atomic E-state index is 12.0. The minimum absolute atomic E-state index is 0.123. The number of hydrogen-bond acceptors (Lipinski definition) is 5. The highest BCUT2D eigenvalue weighted by Crippen LogP contribution is 2.17. The molecule has 2 unspecified atom stereocenters. The van der Waals surface area contributed by atoms with Crippen LogP contribution in [0.15, 0.2) is 30.0 Å². The Labute approximate surface area is 118 Å². The quantitative estimate of drug-likeness (QED) is 0.610. The summed E-state index contributed by atoms with van der Waals surface area (Å²) >= 11 is 1.35. The largest absolute Gasteiger partial charge is 0.480 e. The third-order valence-electron chi connectivity index (χ3n) is 2.73. The van der Waals surface area contributed by atoms with Crippen LogP contribution in [-0.4, -0.2) is 33.0 Å². The highest BCUT2D eigenvalue weighted by molar-refractivity contribution is 7.10. The Morgan fingerprint density at radius 1 is 1.55 bits per heavy atom. The molecule has 0 aliphatic heterocycles. The Bertz CT molecular complexity index is 568. The van der Waals surface area contributed by atoms with Crippen LogP contribution in [0.4, 0.5) is 0 Å². The number of carboxylic acids is 1. The van der Waals surface area contributed by atoms with Crippen LogP contribution in [0.2, 0.25) is 0 Å². The lowest BCUT2D eigenvalue weighted by molar-refractivity contribution is -0.142. The Morgan fingerprint density at radius 3 is 2.90 bits per heavy atom. The van der Waals surface area contributed by atoms with E-state index in [0.717, 1.165) is 0 Å². The molecule has 106 valence electrons. The van der Waals surface area contributed by atoms with Gasteiger partial charge in [-0.05, 0) is 11.4 Å². The van der Waals surface area contributed by atoms with Crippen LogP contribution in [0, 0.1) is 0 Å². The van der Waals surface area contributed by atoms with E-state index in [2.05, 4.69) is 15.3 Å². The molecule has 2 rings (SSSR count). The number of aromatic nitrogens is 2. The van der Waals surface area contributed by atoms with E-state index < -0.39 is 24.0 Å². The van der Waals surface area contributed by atoms with Gasteiger partial charge < -0.3 is 21.1 Å². The number of H-pyrrole nitrogens is 1. The summed E-state index contributed by atoms with van der Waals surface area (Å²) in [4.78, 5) is 30.4. The minimum Gasteiger partial charge on any atom is -0.480 e. The van der Waals surface area contributed by atoms with Gasteiger partial charge in [-0.1, -0.05) is 6.07 Å². The van der Waals surface area contributed by atoms with Crippen molar-refractivity contribution in [3.8, 4) is 0 Å². The molecule has 8 heteroatoms. The number of amides is 1. The molecule has 20 heavy (non-hydrogen) atoms. The fourth-order valence-electron chi connectivity index (χ4n) is 1.68. The standard InChI is InChI=1S/C12H14N4O3S/c13-10(9-2-1-3-20-9)11(17)16-8(12(18)19)4-7-5-14-6-15-7/h1-3,5-6,8,10H,4,13H2,(H,14,15)(H,16,17)(H,18,19). The molecular formula is C12H14N4O3S. The molecule has 2 aromatic heterocycles. The van der Waals surface area contributed by atoms with Crippen LogP contribution in [0.3, 0.4) is 0 Å². The van der Waals surface area contributed by atoms with Gasteiger partial charge in [-0.15, -0.1) is 11.3 Å². The van der Waals surface area contributed by atoms with Crippen molar-refractivity contribution in [1.82, 2.24) is 15.3 Å². The predicted octanol–water partition coefficient (Wildman–Crippen LogP) is 0.283. The summed E-state index contributed by atoms with van der Waals surface area (Å²) < 4.78 is 0. The zero-order valence-electron chi connectivity index (χ0n) is 10.4. The van der Waals surface area contributed by atoms with E-state index in [9.17, 15) is 9.59 Å². The summed E-state index contributed by atoms with van der Waals surface area (Å²) in [6.07, 6.45) is 3.09. The van der Waals surface area contributed by atoms with Gasteiger partial charge in [0.25, 0.3) is 0 Å². The van der Waals surface area contributed by atoms with Gasteiger partial charge in [0.15, 0.2) is 0 Å². The smallest absolute Gasteiger partial charge is 0.326 e. The van der Waals surface area contributed by atoms with Crippen molar-refractivity contribution in [3.05, 3.63) is 40.6 Å². The number of imidazole rings is 1. The van der Waals surface area contributed by atoms with Crippen molar-refractivity contribution in [2.45, 2.75) is 18.5 Å². The number of aromatic amines is 1. The van der Waals surface area contributed by atoms with Gasteiger partial charge in [0.2, 0.25) is 5.91 Å². The summed E-state index contributed by atoms with van der Waals surface area (Å²) in [7, 11) is 0. The van der Waals surface area contributed by atoms with Gasteiger partial charge in [-0.25, -0.2) is 9.78 Å². The van der Waals surface area contributed by atoms with E-state index in [4.69, 9.17) is 10.8 Å². The fraction of sp³-hybridized carbons (Fsp3) is 0.250. The van der Waals surface area contributed by atoms with Crippen molar-refractivity contribution < 1.29 is 14.7 Å². The fourth-order valence-corrected chi connectivity index (χ4v) is 2.40. The molecule has 7 nitrogen and oxygen atoms in total. The highest BCUT2D eigenvalue weighted by atomic mass is 32.1. The van der Waals surface area contributed by atoms with E-state index in [1.165, 1.54) is 23.9 Å². The van der Waals surface area contributed by atoms with E-state index in [0.29, 0.717) is 10.6 Å². The number of carbonyl (C=O) groups excluding carboxylic acids is 1. The number of nitrogens with zero attached hydrogens (tertiary/aromatic N) is 1. The van der Waals surface area contributed by atoms with Crippen molar-refractivity contribution in [2.75, 3.05) is 0 Å². The number of hydrogen-bond donors (Lipinski definition) is 4. The topological polar surface area (TPSA) is 121 Å². The average Bonchev–Trinajstić information content (AvgIpc) is 3.09. The molecule has 0 fully saturated rings. The second kappa shape index (κ2) is 6.31. The first kappa shape index (κ1) is 14.2. The molecule has 5 N–H and O–H groups in total. The molecule has 0 aliphatic carbocycles. The van der Waals surface area contributed by atoms with Crippen LogP contribution >= 0.6 is 11.3 Å². The zero-order chi connectivity index (χ0) is 14.5. The summed E-state index contributed by atoms with van der Waals surface area (Å²) in [6, 6.07) is 1.61. The molecular weight excluding hydrogens is 280 g/mol. The number of carbonyl (C=O) groups is 2. The Hall–Kier alpha value is -2.19. The molecule has 0 radical (unpaired) electrons. The summed E-state index contributed by atoms with van der Waals surface area (Å²) in [6.45, 7) is 0. The first-order chi connectivity index (χ1) is 9.58. The monoisotopic (exact) mass is 294 g/mol. The first-order valence-electron chi connectivity index (χ1n) is 5.87. The lowest BCUT2D eigenvalue weighted by atomic mass is 10.1. The Balaban J connectivity index is 2.01. The van der Waals surface area contributed by atoms with Crippen molar-refractivity contribution in [1.29, 1.82) is 0 Å². The van der Waals surface area contributed by atoms with Gasteiger partial charge >= 0.3 is 5.97 Å². The van der Waals surface area contributed by atoms with Gasteiger partial charge in [0.1, 0.15) is 12.1 Å². The molecule has 0 aromatic carbocycles. The number of nitrogens with one attached hydrogen (secondary N) is 2. The van der Waals surface area contributed by atoms with E-state index in [-0.39, 0.29) is 6.42 Å². The summed E-state index contributed by atoms with van der Waals surface area (Å²) in [5.41, 5.74) is 6.42. The maximum atomic E-state index is 12.0. The maximum Gasteiger partial charge on any atom is 0.326 e. The number of thiophene rings is 1. The van der Waals surface area contributed by atoms with Gasteiger partial charge in [-0.3, -0.25) is 4.79 Å². The second-order valence-corrected chi connectivity index (χ2v) is 5.15.